The van der Waals surface area contributed by atoms with Crippen LogP contribution >= 0.6 is 0 Å². The highest BCUT2D eigenvalue weighted by molar-refractivity contribution is 5.80. The molecule has 178 valence electrons. The Morgan fingerprint density at radius 2 is 1.94 bits per heavy atom. The predicted molar refractivity (Wildman–Crippen MR) is 129 cm³/mol. The van der Waals surface area contributed by atoms with Crippen molar-refractivity contribution in [1.82, 2.24) is 30.1 Å². The average Bonchev–Trinajstić information content (AvgIpc) is 3.45. The first-order chi connectivity index (χ1) is 15.7. The molecule has 1 fully saturated rings. The molecular weight excluding hydrogens is 416 g/mol. The zero-order valence-electron chi connectivity index (χ0n) is 20.6. The van der Waals surface area contributed by atoms with Crippen LogP contribution in [0.15, 0.2) is 29.1 Å². The van der Waals surface area contributed by atoms with Gasteiger partial charge in [-0.1, -0.05) is 26.7 Å². The van der Waals surface area contributed by atoms with Crippen molar-refractivity contribution in [2.75, 3.05) is 7.11 Å². The van der Waals surface area contributed by atoms with Crippen molar-refractivity contribution in [3.05, 3.63) is 46.0 Å². The van der Waals surface area contributed by atoms with Crippen LogP contribution in [-0.2, 0) is 12.1 Å². The van der Waals surface area contributed by atoms with Crippen molar-refractivity contribution in [2.24, 2.45) is 5.92 Å². The maximum absolute atomic E-state index is 13.1. The van der Waals surface area contributed by atoms with E-state index < -0.39 is 0 Å². The Morgan fingerprint density at radius 1 is 1.21 bits per heavy atom. The normalized spacial score (nSPS) is 16.2. The Hall–Kier alpha value is -2.74. The fraction of sp³-hybridized carbons (Fsp3) is 0.600. The lowest BCUT2D eigenvalue weighted by Crippen LogP contribution is -2.42. The predicted octanol–water partition coefficient (Wildman–Crippen LogP) is 4.42. The summed E-state index contributed by atoms with van der Waals surface area (Å²) in [5.74, 6) is 1.88. The molecule has 8 heteroatoms. The minimum Gasteiger partial charge on any atom is -0.497 e. The highest BCUT2D eigenvalue weighted by atomic mass is 16.5. The molecule has 0 spiro atoms. The van der Waals surface area contributed by atoms with Crippen molar-refractivity contribution < 1.29 is 4.74 Å². The summed E-state index contributed by atoms with van der Waals surface area (Å²) in [6.45, 7) is 11.3. The highest BCUT2D eigenvalue weighted by Gasteiger charge is 2.37. The first-order valence-electron chi connectivity index (χ1n) is 11.9. The smallest absolute Gasteiger partial charge is 0.252 e. The van der Waals surface area contributed by atoms with Crippen LogP contribution in [0.3, 0.4) is 0 Å². The van der Waals surface area contributed by atoms with Gasteiger partial charge in [-0.2, -0.15) is 0 Å². The first-order valence-corrected chi connectivity index (χ1v) is 11.9. The molecule has 0 saturated heterocycles. The van der Waals surface area contributed by atoms with Crippen molar-refractivity contribution >= 4 is 10.9 Å². The van der Waals surface area contributed by atoms with Gasteiger partial charge in [0.2, 0.25) is 0 Å². The van der Waals surface area contributed by atoms with Crippen molar-refractivity contribution in [1.29, 1.82) is 0 Å². The van der Waals surface area contributed by atoms with Gasteiger partial charge < -0.3 is 9.72 Å². The number of ether oxygens (including phenoxy) is 1. The molecule has 1 aliphatic rings. The summed E-state index contributed by atoms with van der Waals surface area (Å²) in [5, 5.41) is 13.9. The van der Waals surface area contributed by atoms with E-state index in [2.05, 4.69) is 60.0 Å². The van der Waals surface area contributed by atoms with E-state index >= 15 is 0 Å². The number of nitrogens with one attached hydrogen (secondary N) is 1. The number of nitrogens with zero attached hydrogens (tertiary/aromatic N) is 5. The number of benzene rings is 1. The van der Waals surface area contributed by atoms with Crippen LogP contribution in [0.5, 0.6) is 5.75 Å². The van der Waals surface area contributed by atoms with E-state index in [9.17, 15) is 4.79 Å². The average molecular weight is 453 g/mol. The minimum absolute atomic E-state index is 0.00768. The van der Waals surface area contributed by atoms with Gasteiger partial charge in [0.1, 0.15) is 5.75 Å². The lowest BCUT2D eigenvalue weighted by atomic mass is 9.96. The van der Waals surface area contributed by atoms with E-state index in [0.29, 0.717) is 12.6 Å². The van der Waals surface area contributed by atoms with Gasteiger partial charge in [-0.3, -0.25) is 9.69 Å². The van der Waals surface area contributed by atoms with Crippen molar-refractivity contribution in [2.45, 2.75) is 84.5 Å². The standard InChI is InChI=1S/C25H36N6O2/c1-16(2)22(23-27-28-29-31(23)25(3,4)5)30(19-9-7-8-10-19)15-18-13-17-11-12-20(33-6)14-21(17)26-24(18)32/h11-14,16,19,22H,7-10,15H2,1-6H3,(H,26,32). The lowest BCUT2D eigenvalue weighted by molar-refractivity contribution is 0.0802. The lowest BCUT2D eigenvalue weighted by Gasteiger charge is -2.39. The summed E-state index contributed by atoms with van der Waals surface area (Å²) in [7, 11) is 1.63. The molecule has 0 aliphatic heterocycles. The molecule has 1 atom stereocenters. The molecule has 33 heavy (non-hydrogen) atoms. The van der Waals surface area contributed by atoms with Crippen LogP contribution in [0.2, 0.25) is 0 Å². The van der Waals surface area contributed by atoms with Crippen molar-refractivity contribution in [3.63, 3.8) is 0 Å². The summed E-state index contributed by atoms with van der Waals surface area (Å²) < 4.78 is 7.25. The maximum atomic E-state index is 13.1. The third-order valence-electron chi connectivity index (χ3n) is 6.66. The molecule has 0 amide bonds. The van der Waals surface area contributed by atoms with Crippen LogP contribution in [0.1, 0.15) is 77.7 Å². The highest BCUT2D eigenvalue weighted by Crippen LogP contribution is 2.37. The molecule has 2 aromatic heterocycles. The summed E-state index contributed by atoms with van der Waals surface area (Å²) in [4.78, 5) is 18.7. The largest absolute Gasteiger partial charge is 0.497 e. The summed E-state index contributed by atoms with van der Waals surface area (Å²) in [6.07, 6.45) is 4.68. The van der Waals surface area contributed by atoms with Gasteiger partial charge in [-0.15, -0.1) is 5.10 Å². The molecule has 1 aliphatic carbocycles. The number of rotatable bonds is 7. The van der Waals surface area contributed by atoms with Crippen LogP contribution in [-0.4, -0.2) is 43.2 Å². The molecule has 1 saturated carbocycles. The number of fused-ring (bicyclic) bond motifs is 1. The van der Waals surface area contributed by atoms with E-state index in [1.54, 1.807) is 7.11 Å². The topological polar surface area (TPSA) is 88.9 Å². The van der Waals surface area contributed by atoms with Gasteiger partial charge in [0, 0.05) is 24.2 Å². The van der Waals surface area contributed by atoms with Gasteiger partial charge in [0.15, 0.2) is 5.82 Å². The second-order valence-corrected chi connectivity index (χ2v) is 10.5. The Morgan fingerprint density at radius 3 is 2.58 bits per heavy atom. The molecule has 0 bridgehead atoms. The van der Waals surface area contributed by atoms with E-state index in [1.807, 2.05) is 28.9 Å². The third kappa shape index (κ3) is 4.81. The number of methoxy groups -OCH3 is 1. The number of pyridine rings is 1. The minimum atomic E-state index is -0.229. The zero-order valence-corrected chi connectivity index (χ0v) is 20.6. The molecule has 1 aromatic carbocycles. The molecule has 1 unspecified atom stereocenters. The number of hydrogen-bond acceptors (Lipinski definition) is 6. The molecule has 3 aromatic rings. The van der Waals surface area contributed by atoms with Crippen LogP contribution in [0.25, 0.3) is 10.9 Å². The van der Waals surface area contributed by atoms with Crippen LogP contribution in [0, 0.1) is 5.92 Å². The van der Waals surface area contributed by atoms with E-state index in [-0.39, 0.29) is 23.1 Å². The van der Waals surface area contributed by atoms with Crippen LogP contribution < -0.4 is 10.3 Å². The number of aromatic nitrogens is 5. The molecule has 1 N–H and O–H groups in total. The molecular formula is C25H36N6O2. The SMILES string of the molecule is COc1ccc2cc(CN(C3CCCC3)C(c3nnnn3C(C)(C)C)C(C)C)c(=O)[nH]c2c1. The van der Waals surface area contributed by atoms with Gasteiger partial charge in [-0.05, 0) is 73.5 Å². The maximum Gasteiger partial charge on any atom is 0.252 e. The van der Waals surface area contributed by atoms with Gasteiger partial charge >= 0.3 is 0 Å². The second-order valence-electron chi connectivity index (χ2n) is 10.5. The Balaban J connectivity index is 1.77. The van der Waals surface area contributed by atoms with Crippen molar-refractivity contribution in [3.8, 4) is 5.75 Å². The number of tetrazole rings is 1. The zero-order chi connectivity index (χ0) is 23.8. The number of H-pyrrole nitrogens is 1. The third-order valence-corrected chi connectivity index (χ3v) is 6.66. The molecule has 2 heterocycles. The summed E-state index contributed by atoms with van der Waals surface area (Å²) in [5.41, 5.74) is 1.26. The number of hydrogen-bond donors (Lipinski definition) is 1. The quantitative estimate of drug-likeness (QED) is 0.571. The van der Waals surface area contributed by atoms with E-state index in [1.165, 1.54) is 12.8 Å². The monoisotopic (exact) mass is 452 g/mol. The summed E-state index contributed by atoms with van der Waals surface area (Å²) >= 11 is 0. The number of aromatic amines is 1. The van der Waals surface area contributed by atoms with E-state index in [4.69, 9.17) is 4.74 Å². The Bertz CT molecular complexity index is 1150. The van der Waals surface area contributed by atoms with Gasteiger partial charge in [-0.25, -0.2) is 4.68 Å². The fourth-order valence-corrected chi connectivity index (χ4v) is 5.04. The Kier molecular flexibility index (Phi) is 6.56. The first kappa shape index (κ1) is 23.4. The Labute approximate surface area is 195 Å². The second kappa shape index (κ2) is 9.25. The summed E-state index contributed by atoms with van der Waals surface area (Å²) in [6, 6.07) is 8.20. The fourth-order valence-electron chi connectivity index (χ4n) is 5.04. The van der Waals surface area contributed by atoms with Gasteiger partial charge in [0.05, 0.1) is 24.2 Å². The molecule has 4 rings (SSSR count). The van der Waals surface area contributed by atoms with Crippen LogP contribution in [0.4, 0.5) is 0 Å². The molecule has 0 radical (unpaired) electrons. The van der Waals surface area contributed by atoms with E-state index in [0.717, 1.165) is 40.9 Å². The van der Waals surface area contributed by atoms with Gasteiger partial charge in [0.25, 0.3) is 5.56 Å². The molecule has 8 nitrogen and oxygen atoms in total.